The third-order valence-electron chi connectivity index (χ3n) is 6.08. The summed E-state index contributed by atoms with van der Waals surface area (Å²) in [6.07, 6.45) is -2.87. The molecule has 2 saturated heterocycles. The van der Waals surface area contributed by atoms with E-state index in [9.17, 15) is 17.6 Å². The second kappa shape index (κ2) is 12.9. The molecule has 0 bridgehead atoms. The Morgan fingerprint density at radius 2 is 1.47 bits per heavy atom. The van der Waals surface area contributed by atoms with Crippen LogP contribution in [-0.2, 0) is 13.1 Å². The fourth-order valence-electron chi connectivity index (χ4n) is 4.24. The van der Waals surface area contributed by atoms with Crippen molar-refractivity contribution in [3.05, 3.63) is 71.8 Å². The lowest BCUT2D eigenvalue weighted by Gasteiger charge is -2.41. The van der Waals surface area contributed by atoms with E-state index in [0.717, 1.165) is 31.6 Å². The van der Waals surface area contributed by atoms with E-state index in [1.54, 1.807) is 0 Å². The van der Waals surface area contributed by atoms with Gasteiger partial charge in [-0.3, -0.25) is 9.80 Å². The first-order chi connectivity index (χ1) is 15.5. The SMILES string of the molecule is FC(F)C1CCCNC1.FC(F)C1CN(Cc2ccccc2)CCN1Cc1ccccc1.[HH]. The topological polar surface area (TPSA) is 18.5 Å². The van der Waals surface area contributed by atoms with Gasteiger partial charge in [0.1, 0.15) is 0 Å². The molecule has 2 atom stereocenters. The largest absolute Gasteiger partial charge is 0.316 e. The Morgan fingerprint density at radius 1 is 0.844 bits per heavy atom. The molecule has 2 aromatic rings. The molecule has 7 heteroatoms. The fourth-order valence-corrected chi connectivity index (χ4v) is 4.24. The first-order valence-electron chi connectivity index (χ1n) is 11.3. The average molecular weight is 454 g/mol. The molecule has 178 valence electrons. The Balaban J connectivity index is 0.000000326. The molecule has 1 N–H and O–H groups in total. The van der Waals surface area contributed by atoms with Gasteiger partial charge in [-0.25, -0.2) is 17.6 Å². The normalized spacial score (nSPS) is 22.6. The zero-order valence-corrected chi connectivity index (χ0v) is 18.4. The number of alkyl halides is 4. The molecule has 0 amide bonds. The number of nitrogens with one attached hydrogen (secondary N) is 1. The van der Waals surface area contributed by atoms with Crippen LogP contribution in [0.15, 0.2) is 60.7 Å². The summed E-state index contributed by atoms with van der Waals surface area (Å²) in [5.74, 6) is -0.390. The van der Waals surface area contributed by atoms with E-state index < -0.39 is 24.8 Å². The lowest BCUT2D eigenvalue weighted by Crippen LogP contribution is -2.55. The molecule has 2 fully saturated rings. The van der Waals surface area contributed by atoms with Crippen molar-refractivity contribution in [2.24, 2.45) is 5.92 Å². The number of nitrogens with zero attached hydrogens (tertiary/aromatic N) is 2. The van der Waals surface area contributed by atoms with Crippen LogP contribution >= 0.6 is 0 Å². The number of rotatable bonds is 6. The Labute approximate surface area is 189 Å². The Morgan fingerprint density at radius 3 is 1.97 bits per heavy atom. The van der Waals surface area contributed by atoms with E-state index in [0.29, 0.717) is 32.6 Å². The fraction of sp³-hybridized carbons (Fsp3) is 0.520. The second-order valence-electron chi connectivity index (χ2n) is 8.52. The third kappa shape index (κ3) is 7.87. The summed E-state index contributed by atoms with van der Waals surface area (Å²) in [7, 11) is 0. The Hall–Kier alpha value is -1.96. The van der Waals surface area contributed by atoms with Gasteiger partial charge in [0.2, 0.25) is 6.43 Å². The lowest BCUT2D eigenvalue weighted by atomic mass is 10.0. The summed E-state index contributed by atoms with van der Waals surface area (Å²) in [6, 6.07) is 19.2. The molecule has 2 unspecified atom stereocenters. The molecule has 0 aromatic heterocycles. The molecule has 2 aromatic carbocycles. The van der Waals surface area contributed by atoms with E-state index in [-0.39, 0.29) is 1.43 Å². The van der Waals surface area contributed by atoms with Crippen molar-refractivity contribution in [2.75, 3.05) is 32.7 Å². The van der Waals surface area contributed by atoms with Crippen LogP contribution in [0.5, 0.6) is 0 Å². The number of halogens is 4. The molecule has 2 aliphatic heterocycles. The Kier molecular flexibility index (Phi) is 9.96. The summed E-state index contributed by atoms with van der Waals surface area (Å²) in [6.45, 7) is 4.65. The Bertz CT molecular complexity index is 761. The van der Waals surface area contributed by atoms with E-state index in [1.165, 1.54) is 5.56 Å². The van der Waals surface area contributed by atoms with Crippen LogP contribution < -0.4 is 5.32 Å². The van der Waals surface area contributed by atoms with Crippen LogP contribution in [-0.4, -0.2) is 61.4 Å². The molecule has 0 spiro atoms. The second-order valence-corrected chi connectivity index (χ2v) is 8.52. The van der Waals surface area contributed by atoms with E-state index in [4.69, 9.17) is 0 Å². The van der Waals surface area contributed by atoms with Crippen molar-refractivity contribution < 1.29 is 19.0 Å². The highest BCUT2D eigenvalue weighted by Gasteiger charge is 2.33. The zero-order chi connectivity index (χ0) is 22.8. The zero-order valence-electron chi connectivity index (χ0n) is 18.4. The molecule has 32 heavy (non-hydrogen) atoms. The van der Waals surface area contributed by atoms with Gasteiger partial charge in [0, 0.05) is 46.6 Å². The average Bonchev–Trinajstić information content (AvgIpc) is 2.82. The van der Waals surface area contributed by atoms with E-state index in [2.05, 4.69) is 10.2 Å². The number of piperazine rings is 1. The van der Waals surface area contributed by atoms with Crippen LogP contribution in [0.3, 0.4) is 0 Å². The summed E-state index contributed by atoms with van der Waals surface area (Å²) in [5, 5.41) is 2.94. The van der Waals surface area contributed by atoms with Crippen LogP contribution in [0.25, 0.3) is 0 Å². The molecular weight excluding hydrogens is 418 g/mol. The van der Waals surface area contributed by atoms with E-state index >= 15 is 0 Å². The van der Waals surface area contributed by atoms with Crippen LogP contribution in [0, 0.1) is 5.92 Å². The van der Waals surface area contributed by atoms with Gasteiger partial charge in [-0.2, -0.15) is 0 Å². The van der Waals surface area contributed by atoms with Crippen molar-refractivity contribution in [3.8, 4) is 0 Å². The first kappa shape index (κ1) is 24.7. The maximum Gasteiger partial charge on any atom is 0.255 e. The van der Waals surface area contributed by atoms with Gasteiger partial charge >= 0.3 is 0 Å². The standard InChI is InChI=1S/C19H22F2N2.C6H11F2N.H2/c20-19(21)18-15-22(13-16-7-3-1-4-8-16)11-12-23(18)14-17-9-5-2-6-10-17;7-6(8)5-2-1-3-9-4-5;/h1-10,18-19H,11-15H2;5-6,9H,1-4H2;1H. The van der Waals surface area contributed by atoms with Crippen molar-refractivity contribution in [2.45, 2.75) is 44.8 Å². The smallest absolute Gasteiger partial charge is 0.255 e. The summed E-state index contributed by atoms with van der Waals surface area (Å²) in [5.41, 5.74) is 2.27. The third-order valence-corrected chi connectivity index (χ3v) is 6.08. The maximum atomic E-state index is 13.5. The molecule has 3 nitrogen and oxygen atoms in total. The minimum absolute atomic E-state index is 0. The van der Waals surface area contributed by atoms with Crippen molar-refractivity contribution >= 4 is 0 Å². The minimum Gasteiger partial charge on any atom is -0.316 e. The predicted molar refractivity (Wildman–Crippen MR) is 122 cm³/mol. The highest BCUT2D eigenvalue weighted by molar-refractivity contribution is 5.16. The highest BCUT2D eigenvalue weighted by Crippen LogP contribution is 2.21. The monoisotopic (exact) mass is 453 g/mol. The van der Waals surface area contributed by atoms with Gasteiger partial charge in [-0.15, -0.1) is 0 Å². The number of hydrogen-bond donors (Lipinski definition) is 1. The van der Waals surface area contributed by atoms with Gasteiger partial charge in [-0.05, 0) is 30.5 Å². The van der Waals surface area contributed by atoms with Crippen LogP contribution in [0.2, 0.25) is 0 Å². The van der Waals surface area contributed by atoms with Gasteiger partial charge in [0.15, 0.2) is 0 Å². The molecule has 2 heterocycles. The number of benzene rings is 2. The van der Waals surface area contributed by atoms with Gasteiger partial charge in [0.05, 0.1) is 6.04 Å². The summed E-state index contributed by atoms with van der Waals surface area (Å²) >= 11 is 0. The van der Waals surface area contributed by atoms with Crippen LogP contribution in [0.1, 0.15) is 25.4 Å². The highest BCUT2D eigenvalue weighted by atomic mass is 19.3. The van der Waals surface area contributed by atoms with Crippen molar-refractivity contribution in [3.63, 3.8) is 0 Å². The first-order valence-corrected chi connectivity index (χ1v) is 11.3. The summed E-state index contributed by atoms with van der Waals surface area (Å²) < 4.78 is 50.8. The molecule has 2 aliphatic rings. The molecular formula is C25H35F4N3. The number of piperidine rings is 1. The molecule has 0 aliphatic carbocycles. The minimum atomic E-state index is -2.32. The molecule has 4 rings (SSSR count). The lowest BCUT2D eigenvalue weighted by molar-refractivity contribution is -0.0300. The molecule has 0 radical (unpaired) electrons. The maximum absolute atomic E-state index is 13.5. The van der Waals surface area contributed by atoms with E-state index in [1.807, 2.05) is 65.6 Å². The van der Waals surface area contributed by atoms with Crippen molar-refractivity contribution in [1.82, 2.24) is 15.1 Å². The quantitative estimate of drug-likeness (QED) is 0.612. The van der Waals surface area contributed by atoms with Crippen LogP contribution in [0.4, 0.5) is 17.6 Å². The predicted octanol–water partition coefficient (Wildman–Crippen LogP) is 5.14. The number of hydrogen-bond acceptors (Lipinski definition) is 3. The van der Waals surface area contributed by atoms with Gasteiger partial charge < -0.3 is 5.32 Å². The van der Waals surface area contributed by atoms with Crippen molar-refractivity contribution in [1.29, 1.82) is 0 Å². The summed E-state index contributed by atoms with van der Waals surface area (Å²) in [4.78, 5) is 4.05. The molecule has 0 saturated carbocycles. The van der Waals surface area contributed by atoms with Gasteiger partial charge in [0.25, 0.3) is 6.43 Å². The van der Waals surface area contributed by atoms with Gasteiger partial charge in [-0.1, -0.05) is 60.7 Å².